The van der Waals surface area contributed by atoms with Crippen LogP contribution in [-0.2, 0) is 6.42 Å². The van der Waals surface area contributed by atoms with Crippen LogP contribution in [0, 0.1) is 5.92 Å². The van der Waals surface area contributed by atoms with E-state index in [0.29, 0.717) is 12.1 Å². The summed E-state index contributed by atoms with van der Waals surface area (Å²) in [5.41, 5.74) is 1.35. The molecule has 0 fully saturated rings. The molecule has 0 aliphatic rings. The van der Waals surface area contributed by atoms with Gasteiger partial charge in [-0.05, 0) is 50.3 Å². The van der Waals surface area contributed by atoms with Crippen molar-refractivity contribution in [1.82, 2.24) is 5.32 Å². The van der Waals surface area contributed by atoms with Crippen LogP contribution in [-0.4, -0.2) is 19.2 Å². The molecule has 1 rings (SSSR count). The number of ether oxygens (including phenoxy) is 1. The van der Waals surface area contributed by atoms with Gasteiger partial charge in [0.25, 0.3) is 0 Å². The standard InChI is InChI=1S/C16H27NO/c1-12(2)10-13(3)17-14(4)11-15-6-8-16(18-5)9-7-15/h6-9,12-14,17H,10-11H2,1-5H3. The van der Waals surface area contributed by atoms with Gasteiger partial charge in [0, 0.05) is 12.1 Å². The fourth-order valence-corrected chi connectivity index (χ4v) is 2.43. The average molecular weight is 249 g/mol. The highest BCUT2D eigenvalue weighted by molar-refractivity contribution is 5.27. The Morgan fingerprint density at radius 2 is 1.61 bits per heavy atom. The molecule has 0 aliphatic heterocycles. The molecule has 0 saturated heterocycles. The molecule has 0 bridgehead atoms. The van der Waals surface area contributed by atoms with E-state index in [1.165, 1.54) is 12.0 Å². The fourth-order valence-electron chi connectivity index (χ4n) is 2.43. The highest BCUT2D eigenvalue weighted by Gasteiger charge is 2.09. The van der Waals surface area contributed by atoms with Gasteiger partial charge < -0.3 is 10.1 Å². The van der Waals surface area contributed by atoms with Crippen molar-refractivity contribution in [2.45, 2.75) is 52.6 Å². The third kappa shape index (κ3) is 5.54. The third-order valence-electron chi connectivity index (χ3n) is 3.09. The van der Waals surface area contributed by atoms with Crippen LogP contribution in [0.1, 0.15) is 39.7 Å². The Morgan fingerprint density at radius 1 is 1.00 bits per heavy atom. The Balaban J connectivity index is 2.41. The molecule has 0 spiro atoms. The monoisotopic (exact) mass is 249 g/mol. The SMILES string of the molecule is COc1ccc(CC(C)NC(C)CC(C)C)cc1. The van der Waals surface area contributed by atoms with Crippen LogP contribution in [0.4, 0.5) is 0 Å². The lowest BCUT2D eigenvalue weighted by Crippen LogP contribution is -2.36. The van der Waals surface area contributed by atoms with Crippen molar-refractivity contribution in [2.75, 3.05) is 7.11 Å². The van der Waals surface area contributed by atoms with Gasteiger partial charge in [0.05, 0.1) is 7.11 Å². The van der Waals surface area contributed by atoms with Crippen LogP contribution in [0.15, 0.2) is 24.3 Å². The van der Waals surface area contributed by atoms with Crippen molar-refractivity contribution in [1.29, 1.82) is 0 Å². The summed E-state index contributed by atoms with van der Waals surface area (Å²) in [4.78, 5) is 0. The van der Waals surface area contributed by atoms with Crippen LogP contribution in [0.3, 0.4) is 0 Å². The lowest BCUT2D eigenvalue weighted by atomic mass is 10.0. The Labute approximate surface area is 112 Å². The molecule has 2 heteroatoms. The largest absolute Gasteiger partial charge is 0.497 e. The van der Waals surface area contributed by atoms with Crippen molar-refractivity contribution in [3.8, 4) is 5.75 Å². The smallest absolute Gasteiger partial charge is 0.118 e. The van der Waals surface area contributed by atoms with E-state index in [2.05, 4.69) is 45.1 Å². The molecular formula is C16H27NO. The van der Waals surface area contributed by atoms with Gasteiger partial charge in [-0.1, -0.05) is 26.0 Å². The van der Waals surface area contributed by atoms with E-state index in [-0.39, 0.29) is 0 Å². The van der Waals surface area contributed by atoms with Crippen molar-refractivity contribution < 1.29 is 4.74 Å². The molecule has 102 valence electrons. The quantitative estimate of drug-likeness (QED) is 0.796. The van der Waals surface area contributed by atoms with E-state index in [1.807, 2.05) is 12.1 Å². The summed E-state index contributed by atoms with van der Waals surface area (Å²) in [6.07, 6.45) is 2.29. The van der Waals surface area contributed by atoms with Crippen LogP contribution >= 0.6 is 0 Å². The minimum Gasteiger partial charge on any atom is -0.497 e. The van der Waals surface area contributed by atoms with Crippen molar-refractivity contribution >= 4 is 0 Å². The van der Waals surface area contributed by atoms with Gasteiger partial charge in [0.15, 0.2) is 0 Å². The normalized spacial score (nSPS) is 14.6. The van der Waals surface area contributed by atoms with Gasteiger partial charge in [-0.15, -0.1) is 0 Å². The van der Waals surface area contributed by atoms with Gasteiger partial charge in [-0.3, -0.25) is 0 Å². The molecule has 0 radical (unpaired) electrons. The van der Waals surface area contributed by atoms with Gasteiger partial charge >= 0.3 is 0 Å². The second-order valence-corrected chi connectivity index (χ2v) is 5.65. The van der Waals surface area contributed by atoms with Gasteiger partial charge in [-0.2, -0.15) is 0 Å². The van der Waals surface area contributed by atoms with E-state index in [9.17, 15) is 0 Å². The number of hydrogen-bond donors (Lipinski definition) is 1. The van der Waals surface area contributed by atoms with Crippen molar-refractivity contribution in [2.24, 2.45) is 5.92 Å². The number of methoxy groups -OCH3 is 1. The van der Waals surface area contributed by atoms with Crippen molar-refractivity contribution in [3.05, 3.63) is 29.8 Å². The predicted octanol–water partition coefficient (Wildman–Crippen LogP) is 3.65. The topological polar surface area (TPSA) is 21.3 Å². The van der Waals surface area contributed by atoms with Crippen molar-refractivity contribution in [3.63, 3.8) is 0 Å². The molecule has 2 atom stereocenters. The minimum atomic E-state index is 0.507. The number of nitrogens with one attached hydrogen (secondary N) is 1. The highest BCUT2D eigenvalue weighted by atomic mass is 16.5. The first-order valence-electron chi connectivity index (χ1n) is 6.90. The van der Waals surface area contributed by atoms with E-state index in [0.717, 1.165) is 18.1 Å². The summed E-state index contributed by atoms with van der Waals surface area (Å²) >= 11 is 0. The molecule has 1 aromatic carbocycles. The van der Waals surface area contributed by atoms with Crippen LogP contribution < -0.4 is 10.1 Å². The second kappa shape index (κ2) is 7.42. The third-order valence-corrected chi connectivity index (χ3v) is 3.09. The zero-order valence-electron chi connectivity index (χ0n) is 12.4. The lowest BCUT2D eigenvalue weighted by Gasteiger charge is -2.21. The first-order valence-corrected chi connectivity index (χ1v) is 6.90. The first kappa shape index (κ1) is 15.0. The summed E-state index contributed by atoms with van der Waals surface area (Å²) in [7, 11) is 1.70. The molecule has 2 nitrogen and oxygen atoms in total. The maximum Gasteiger partial charge on any atom is 0.118 e. The maximum atomic E-state index is 5.17. The Morgan fingerprint density at radius 3 is 2.11 bits per heavy atom. The fraction of sp³-hybridized carbons (Fsp3) is 0.625. The minimum absolute atomic E-state index is 0.507. The number of rotatable bonds is 7. The Hall–Kier alpha value is -1.02. The number of hydrogen-bond acceptors (Lipinski definition) is 2. The maximum absolute atomic E-state index is 5.17. The molecule has 0 saturated carbocycles. The zero-order valence-corrected chi connectivity index (χ0v) is 12.4. The molecule has 0 aliphatic carbocycles. The predicted molar refractivity (Wildman–Crippen MR) is 78.2 cm³/mol. The summed E-state index contributed by atoms with van der Waals surface area (Å²) in [5.74, 6) is 1.67. The van der Waals surface area contributed by atoms with E-state index in [4.69, 9.17) is 4.74 Å². The average Bonchev–Trinajstić information content (AvgIpc) is 2.28. The molecule has 0 aromatic heterocycles. The summed E-state index contributed by atoms with van der Waals surface area (Å²) in [6.45, 7) is 9.06. The Bertz CT molecular complexity index is 331. The zero-order chi connectivity index (χ0) is 13.5. The van der Waals surface area contributed by atoms with E-state index in [1.54, 1.807) is 7.11 Å². The summed E-state index contributed by atoms with van der Waals surface area (Å²) in [5, 5.41) is 3.66. The molecule has 0 amide bonds. The van der Waals surface area contributed by atoms with Gasteiger partial charge in [0.2, 0.25) is 0 Å². The molecular weight excluding hydrogens is 222 g/mol. The highest BCUT2D eigenvalue weighted by Crippen LogP contribution is 2.13. The van der Waals surface area contributed by atoms with Gasteiger partial charge in [-0.25, -0.2) is 0 Å². The first-order chi connectivity index (χ1) is 8.51. The summed E-state index contributed by atoms with van der Waals surface area (Å²) < 4.78 is 5.17. The summed E-state index contributed by atoms with van der Waals surface area (Å²) in [6, 6.07) is 9.43. The number of benzene rings is 1. The second-order valence-electron chi connectivity index (χ2n) is 5.65. The lowest BCUT2D eigenvalue weighted by molar-refractivity contribution is 0.399. The van der Waals surface area contributed by atoms with Crippen LogP contribution in [0.25, 0.3) is 0 Å². The molecule has 1 aromatic rings. The molecule has 1 N–H and O–H groups in total. The molecule has 18 heavy (non-hydrogen) atoms. The van der Waals surface area contributed by atoms with Crippen LogP contribution in [0.2, 0.25) is 0 Å². The van der Waals surface area contributed by atoms with E-state index >= 15 is 0 Å². The Kier molecular flexibility index (Phi) is 6.20. The molecule has 2 unspecified atom stereocenters. The van der Waals surface area contributed by atoms with Crippen LogP contribution in [0.5, 0.6) is 5.75 Å². The van der Waals surface area contributed by atoms with Gasteiger partial charge in [0.1, 0.15) is 5.75 Å². The molecule has 0 heterocycles. The van der Waals surface area contributed by atoms with E-state index < -0.39 is 0 Å².